The van der Waals surface area contributed by atoms with Crippen LogP contribution in [0.2, 0.25) is 0 Å². The smallest absolute Gasteiger partial charge is 0.125 e. The van der Waals surface area contributed by atoms with Gasteiger partial charge in [-0.15, -0.1) is 0 Å². The summed E-state index contributed by atoms with van der Waals surface area (Å²) in [7, 11) is 2.08. The summed E-state index contributed by atoms with van der Waals surface area (Å²) in [6.45, 7) is 7.17. The van der Waals surface area contributed by atoms with Crippen LogP contribution in [-0.4, -0.2) is 44.1 Å². The Morgan fingerprint density at radius 1 is 1.16 bits per heavy atom. The van der Waals surface area contributed by atoms with Gasteiger partial charge in [0.2, 0.25) is 0 Å². The third kappa shape index (κ3) is 3.27. The van der Waals surface area contributed by atoms with Crippen molar-refractivity contribution in [1.29, 1.82) is 0 Å². The Morgan fingerprint density at radius 2 is 2.00 bits per heavy atom. The lowest BCUT2D eigenvalue weighted by Gasteiger charge is -2.32. The first-order valence-electron chi connectivity index (χ1n) is 8.66. The highest BCUT2D eigenvalue weighted by Gasteiger charge is 2.24. The number of para-hydroxylation sites is 2. The van der Waals surface area contributed by atoms with Crippen molar-refractivity contribution < 1.29 is 4.74 Å². The first-order valence-corrected chi connectivity index (χ1v) is 8.66. The summed E-state index contributed by atoms with van der Waals surface area (Å²) >= 11 is 0. The maximum absolute atomic E-state index is 5.97. The molecule has 1 atom stereocenters. The van der Waals surface area contributed by atoms with E-state index in [1.165, 1.54) is 5.52 Å². The molecule has 2 aromatic heterocycles. The third-order valence-corrected chi connectivity index (χ3v) is 4.71. The van der Waals surface area contributed by atoms with Gasteiger partial charge in [-0.3, -0.25) is 4.90 Å². The molecule has 0 N–H and O–H groups in total. The molecule has 1 saturated heterocycles. The Labute approximate surface area is 147 Å². The average Bonchev–Trinajstić information content (AvgIpc) is 2.91. The lowest BCUT2D eigenvalue weighted by Crippen LogP contribution is -2.38. The zero-order chi connectivity index (χ0) is 17.4. The van der Waals surface area contributed by atoms with Crippen LogP contribution < -0.4 is 0 Å². The van der Waals surface area contributed by atoms with Crippen molar-refractivity contribution >= 4 is 11.0 Å². The molecule has 1 aromatic carbocycles. The van der Waals surface area contributed by atoms with Gasteiger partial charge < -0.3 is 9.30 Å². The van der Waals surface area contributed by atoms with Gasteiger partial charge >= 0.3 is 0 Å². The molecule has 1 fully saturated rings. The van der Waals surface area contributed by atoms with Crippen molar-refractivity contribution in [2.75, 3.05) is 19.7 Å². The third-order valence-electron chi connectivity index (χ3n) is 4.71. The Bertz CT molecular complexity index is 884. The van der Waals surface area contributed by atoms with Gasteiger partial charge in [0, 0.05) is 25.8 Å². The van der Waals surface area contributed by atoms with Gasteiger partial charge in [-0.1, -0.05) is 12.1 Å². The van der Waals surface area contributed by atoms with Gasteiger partial charge in [-0.05, 0) is 32.0 Å². The van der Waals surface area contributed by atoms with Crippen molar-refractivity contribution in [3.63, 3.8) is 0 Å². The van der Waals surface area contributed by atoms with Gasteiger partial charge in [0.1, 0.15) is 17.8 Å². The van der Waals surface area contributed by atoms with E-state index in [9.17, 15) is 0 Å². The highest BCUT2D eigenvalue weighted by atomic mass is 16.5. The van der Waals surface area contributed by atoms with Crippen molar-refractivity contribution in [2.24, 2.45) is 7.05 Å². The molecular formula is C19H23N5O. The molecule has 0 amide bonds. The first kappa shape index (κ1) is 16.2. The van der Waals surface area contributed by atoms with E-state index in [2.05, 4.69) is 44.7 Å². The molecule has 130 valence electrons. The predicted octanol–water partition coefficient (Wildman–Crippen LogP) is 2.55. The first-order chi connectivity index (χ1) is 12.1. The molecule has 6 nitrogen and oxygen atoms in total. The van der Waals surface area contributed by atoms with E-state index in [1.807, 2.05) is 26.0 Å². The summed E-state index contributed by atoms with van der Waals surface area (Å²) in [5, 5.41) is 0. The molecule has 3 heterocycles. The molecule has 0 aliphatic carbocycles. The zero-order valence-corrected chi connectivity index (χ0v) is 14.9. The van der Waals surface area contributed by atoms with Crippen LogP contribution in [-0.2, 0) is 18.3 Å². The largest absolute Gasteiger partial charge is 0.369 e. The summed E-state index contributed by atoms with van der Waals surface area (Å²) in [6, 6.07) is 10.3. The fraction of sp³-hybridized carbons (Fsp3) is 0.421. The molecule has 6 heteroatoms. The second-order valence-electron chi connectivity index (χ2n) is 6.65. The van der Waals surface area contributed by atoms with E-state index in [1.54, 1.807) is 0 Å². The van der Waals surface area contributed by atoms with E-state index in [0.29, 0.717) is 6.61 Å². The van der Waals surface area contributed by atoms with E-state index < -0.39 is 0 Å². The minimum Gasteiger partial charge on any atom is -0.369 e. The molecule has 0 spiro atoms. The van der Waals surface area contributed by atoms with E-state index in [0.717, 1.165) is 48.2 Å². The van der Waals surface area contributed by atoms with Crippen molar-refractivity contribution in [2.45, 2.75) is 26.5 Å². The minimum absolute atomic E-state index is 0.0103. The Kier molecular flexibility index (Phi) is 4.23. The quantitative estimate of drug-likeness (QED) is 0.735. The highest BCUT2D eigenvalue weighted by molar-refractivity contribution is 5.75. The molecule has 1 aliphatic heterocycles. The van der Waals surface area contributed by atoms with Crippen molar-refractivity contribution in [3.8, 4) is 0 Å². The molecule has 25 heavy (non-hydrogen) atoms. The molecule has 0 saturated carbocycles. The van der Waals surface area contributed by atoms with E-state index in [4.69, 9.17) is 9.72 Å². The molecule has 4 rings (SSSR count). The average molecular weight is 337 g/mol. The second-order valence-corrected chi connectivity index (χ2v) is 6.65. The van der Waals surface area contributed by atoms with Crippen LogP contribution in [0.5, 0.6) is 0 Å². The second kappa shape index (κ2) is 6.54. The van der Waals surface area contributed by atoms with Crippen molar-refractivity contribution in [3.05, 3.63) is 53.4 Å². The Balaban J connectivity index is 1.53. The number of benzene rings is 1. The van der Waals surface area contributed by atoms with Gasteiger partial charge in [0.15, 0.2) is 0 Å². The summed E-state index contributed by atoms with van der Waals surface area (Å²) in [6.07, 6.45) is -0.0103. The van der Waals surface area contributed by atoms with Gasteiger partial charge in [0.05, 0.1) is 29.9 Å². The number of aromatic nitrogens is 4. The predicted molar refractivity (Wildman–Crippen MR) is 96.2 cm³/mol. The SMILES string of the molecule is Cc1cc([C@H]2CN(Cc3nc4ccccc4n3C)CCO2)nc(C)n1. The van der Waals surface area contributed by atoms with Crippen LogP contribution in [0.15, 0.2) is 30.3 Å². The minimum atomic E-state index is -0.0103. The van der Waals surface area contributed by atoms with Crippen LogP contribution in [0, 0.1) is 13.8 Å². The van der Waals surface area contributed by atoms with E-state index >= 15 is 0 Å². The molecule has 1 aliphatic rings. The molecule has 0 radical (unpaired) electrons. The lowest BCUT2D eigenvalue weighted by atomic mass is 10.1. The fourth-order valence-corrected chi connectivity index (χ4v) is 3.47. The zero-order valence-electron chi connectivity index (χ0n) is 14.9. The number of rotatable bonds is 3. The number of hydrogen-bond donors (Lipinski definition) is 0. The van der Waals surface area contributed by atoms with Crippen LogP contribution in [0.25, 0.3) is 11.0 Å². The molecule has 0 unspecified atom stereocenters. The van der Waals surface area contributed by atoms with Crippen LogP contribution in [0.3, 0.4) is 0 Å². The Hall–Kier alpha value is -2.31. The lowest BCUT2D eigenvalue weighted by molar-refractivity contribution is -0.0360. The maximum atomic E-state index is 5.97. The van der Waals surface area contributed by atoms with Crippen LogP contribution >= 0.6 is 0 Å². The number of imidazole rings is 1. The van der Waals surface area contributed by atoms with E-state index in [-0.39, 0.29) is 6.10 Å². The van der Waals surface area contributed by atoms with Gasteiger partial charge in [-0.25, -0.2) is 15.0 Å². The van der Waals surface area contributed by atoms with Crippen LogP contribution in [0.4, 0.5) is 0 Å². The highest BCUT2D eigenvalue weighted by Crippen LogP contribution is 2.23. The monoisotopic (exact) mass is 337 g/mol. The standard InChI is InChI=1S/C19H23N5O/c1-13-10-16(21-14(2)20-13)18-11-24(8-9-25-18)12-19-22-15-6-4-5-7-17(15)23(19)3/h4-7,10,18H,8-9,11-12H2,1-3H3/t18-/m1/s1. The fourth-order valence-electron chi connectivity index (χ4n) is 3.47. The number of nitrogens with zero attached hydrogens (tertiary/aromatic N) is 5. The van der Waals surface area contributed by atoms with Gasteiger partial charge in [0.25, 0.3) is 0 Å². The molecular weight excluding hydrogens is 314 g/mol. The maximum Gasteiger partial charge on any atom is 0.125 e. The number of morpholine rings is 1. The summed E-state index contributed by atoms with van der Waals surface area (Å²) in [5.74, 6) is 1.88. The summed E-state index contributed by atoms with van der Waals surface area (Å²) in [4.78, 5) is 16.1. The van der Waals surface area contributed by atoms with Gasteiger partial charge in [-0.2, -0.15) is 0 Å². The Morgan fingerprint density at radius 3 is 2.80 bits per heavy atom. The number of aryl methyl sites for hydroxylation is 3. The molecule has 3 aromatic rings. The van der Waals surface area contributed by atoms with Crippen LogP contribution in [0.1, 0.15) is 29.1 Å². The summed E-state index contributed by atoms with van der Waals surface area (Å²) in [5.41, 5.74) is 4.18. The topological polar surface area (TPSA) is 56.1 Å². The number of hydrogen-bond acceptors (Lipinski definition) is 5. The number of ether oxygens (including phenoxy) is 1. The molecule has 0 bridgehead atoms. The normalized spacial score (nSPS) is 18.8. The summed E-state index contributed by atoms with van der Waals surface area (Å²) < 4.78 is 8.15. The van der Waals surface area contributed by atoms with Crippen molar-refractivity contribution in [1.82, 2.24) is 24.4 Å². The number of fused-ring (bicyclic) bond motifs is 1.